The van der Waals surface area contributed by atoms with Crippen molar-refractivity contribution in [2.24, 2.45) is 0 Å². The fourth-order valence-electron chi connectivity index (χ4n) is 1.71. The van der Waals surface area contributed by atoms with Crippen LogP contribution in [0, 0.1) is 0 Å². The highest BCUT2D eigenvalue weighted by molar-refractivity contribution is 6.35. The maximum Gasteiger partial charge on any atom is 0.207 e. The normalized spacial score (nSPS) is 10.7. The molecule has 0 radical (unpaired) electrons. The van der Waals surface area contributed by atoms with Crippen molar-refractivity contribution in [2.75, 3.05) is 19.0 Å². The van der Waals surface area contributed by atoms with Gasteiger partial charge in [0.1, 0.15) is 0 Å². The van der Waals surface area contributed by atoms with Gasteiger partial charge in [0.2, 0.25) is 5.95 Å². The molecule has 2 rings (SSSR count). The van der Waals surface area contributed by atoms with E-state index in [9.17, 15) is 0 Å². The first-order chi connectivity index (χ1) is 9.20. The van der Waals surface area contributed by atoms with Gasteiger partial charge in [-0.2, -0.15) is 0 Å². The van der Waals surface area contributed by atoms with Gasteiger partial charge in [-0.15, -0.1) is 0 Å². The van der Waals surface area contributed by atoms with E-state index in [4.69, 9.17) is 27.9 Å². The molecule has 4 nitrogen and oxygen atoms in total. The van der Waals surface area contributed by atoms with Crippen molar-refractivity contribution in [3.63, 3.8) is 0 Å². The lowest BCUT2D eigenvalue weighted by atomic mass is 10.3. The first-order valence-corrected chi connectivity index (χ1v) is 6.68. The van der Waals surface area contributed by atoms with Gasteiger partial charge in [-0.05, 0) is 24.6 Å². The van der Waals surface area contributed by atoms with E-state index >= 15 is 0 Å². The van der Waals surface area contributed by atoms with Crippen LogP contribution in [-0.4, -0.2) is 23.3 Å². The van der Waals surface area contributed by atoms with E-state index in [1.54, 1.807) is 31.5 Å². The van der Waals surface area contributed by atoms with Crippen molar-refractivity contribution in [1.82, 2.24) is 9.55 Å². The zero-order valence-corrected chi connectivity index (χ0v) is 12.1. The molecule has 1 aromatic heterocycles. The van der Waals surface area contributed by atoms with Gasteiger partial charge in [0.15, 0.2) is 0 Å². The maximum absolute atomic E-state index is 6.11. The molecule has 102 valence electrons. The predicted octanol–water partition coefficient (Wildman–Crippen LogP) is 3.97. The Labute approximate surface area is 122 Å². The number of imidazole rings is 1. The minimum Gasteiger partial charge on any atom is -0.385 e. The lowest BCUT2D eigenvalue weighted by Gasteiger charge is -2.11. The fourth-order valence-corrected chi connectivity index (χ4v) is 2.04. The Balaban J connectivity index is 2.10. The molecule has 0 saturated heterocycles. The van der Waals surface area contributed by atoms with Crippen LogP contribution in [0.3, 0.4) is 0 Å². The third-order valence-corrected chi connectivity index (χ3v) is 3.20. The molecule has 0 amide bonds. The minimum absolute atomic E-state index is 0.607. The van der Waals surface area contributed by atoms with Crippen molar-refractivity contribution >= 4 is 34.8 Å². The molecule has 0 unspecified atom stereocenters. The number of halogens is 2. The molecule has 1 aromatic carbocycles. The molecule has 0 fully saturated rings. The highest BCUT2D eigenvalue weighted by Gasteiger charge is 2.06. The summed E-state index contributed by atoms with van der Waals surface area (Å²) in [4.78, 5) is 4.27. The summed E-state index contributed by atoms with van der Waals surface area (Å²) in [6.45, 7) is 1.55. The number of benzene rings is 1. The van der Waals surface area contributed by atoms with Crippen molar-refractivity contribution < 1.29 is 4.74 Å². The molecule has 0 aliphatic rings. The number of anilines is 2. The highest BCUT2D eigenvalue weighted by Crippen LogP contribution is 2.27. The summed E-state index contributed by atoms with van der Waals surface area (Å²) in [5, 5.41) is 4.42. The molecule has 0 spiro atoms. The van der Waals surface area contributed by atoms with Crippen LogP contribution in [0.25, 0.3) is 0 Å². The quantitative estimate of drug-likeness (QED) is 0.820. The summed E-state index contributed by atoms with van der Waals surface area (Å²) in [6.07, 6.45) is 4.58. The molecule has 19 heavy (non-hydrogen) atoms. The largest absolute Gasteiger partial charge is 0.385 e. The van der Waals surface area contributed by atoms with Gasteiger partial charge >= 0.3 is 0 Å². The van der Waals surface area contributed by atoms with Gasteiger partial charge in [0, 0.05) is 37.7 Å². The molecular weight excluding hydrogens is 285 g/mol. The van der Waals surface area contributed by atoms with Crippen LogP contribution in [0.2, 0.25) is 10.0 Å². The van der Waals surface area contributed by atoms with Crippen LogP contribution in [-0.2, 0) is 11.3 Å². The predicted molar refractivity (Wildman–Crippen MR) is 78.5 cm³/mol. The average molecular weight is 300 g/mol. The van der Waals surface area contributed by atoms with Gasteiger partial charge in [0.25, 0.3) is 0 Å². The van der Waals surface area contributed by atoms with E-state index in [1.165, 1.54) is 0 Å². The Bertz CT molecular complexity index is 542. The Morgan fingerprint density at radius 2 is 2.21 bits per heavy atom. The SMILES string of the molecule is COCCCn1ccnc1Nc1cc(Cl)ccc1Cl. The van der Waals surface area contributed by atoms with Gasteiger partial charge < -0.3 is 14.6 Å². The van der Waals surface area contributed by atoms with Crippen molar-refractivity contribution in [1.29, 1.82) is 0 Å². The molecule has 6 heteroatoms. The Hall–Kier alpha value is -1.23. The number of ether oxygens (including phenoxy) is 1. The lowest BCUT2D eigenvalue weighted by Crippen LogP contribution is -2.05. The first-order valence-electron chi connectivity index (χ1n) is 5.93. The Morgan fingerprint density at radius 3 is 3.00 bits per heavy atom. The molecular formula is C13H15Cl2N3O. The topological polar surface area (TPSA) is 39.1 Å². The molecule has 1 N–H and O–H groups in total. The summed E-state index contributed by atoms with van der Waals surface area (Å²) in [6, 6.07) is 5.28. The number of methoxy groups -OCH3 is 1. The highest BCUT2D eigenvalue weighted by atomic mass is 35.5. The fraction of sp³-hybridized carbons (Fsp3) is 0.308. The summed E-state index contributed by atoms with van der Waals surface area (Å²) in [7, 11) is 1.69. The van der Waals surface area contributed by atoms with Crippen molar-refractivity contribution in [3.05, 3.63) is 40.6 Å². The third-order valence-electron chi connectivity index (χ3n) is 2.64. The van der Waals surface area contributed by atoms with Gasteiger partial charge in [-0.25, -0.2) is 4.98 Å². The molecule has 0 aliphatic carbocycles. The number of nitrogens with one attached hydrogen (secondary N) is 1. The summed E-state index contributed by atoms with van der Waals surface area (Å²) in [5.74, 6) is 0.736. The van der Waals surface area contributed by atoms with Crippen molar-refractivity contribution in [3.8, 4) is 0 Å². The van der Waals surface area contributed by atoms with Crippen LogP contribution < -0.4 is 5.32 Å². The zero-order valence-electron chi connectivity index (χ0n) is 10.6. The van der Waals surface area contributed by atoms with E-state index in [2.05, 4.69) is 10.3 Å². The van der Waals surface area contributed by atoms with E-state index in [0.717, 1.165) is 31.2 Å². The zero-order chi connectivity index (χ0) is 13.7. The van der Waals surface area contributed by atoms with Crippen LogP contribution in [0.5, 0.6) is 0 Å². The number of hydrogen-bond acceptors (Lipinski definition) is 3. The summed E-state index contributed by atoms with van der Waals surface area (Å²) < 4.78 is 7.05. The van der Waals surface area contributed by atoms with Gasteiger partial charge in [-0.1, -0.05) is 23.2 Å². The van der Waals surface area contributed by atoms with Crippen LogP contribution in [0.15, 0.2) is 30.6 Å². The number of aromatic nitrogens is 2. The molecule has 0 atom stereocenters. The maximum atomic E-state index is 6.11. The molecule has 0 aliphatic heterocycles. The first kappa shape index (κ1) is 14.2. The monoisotopic (exact) mass is 299 g/mol. The smallest absolute Gasteiger partial charge is 0.207 e. The van der Waals surface area contributed by atoms with E-state index in [-0.39, 0.29) is 0 Å². The Morgan fingerprint density at radius 1 is 1.37 bits per heavy atom. The van der Waals surface area contributed by atoms with Crippen molar-refractivity contribution in [2.45, 2.75) is 13.0 Å². The second kappa shape index (κ2) is 6.80. The summed E-state index contributed by atoms with van der Waals surface area (Å²) in [5.41, 5.74) is 0.744. The number of aryl methyl sites for hydroxylation is 1. The van der Waals surface area contributed by atoms with E-state index in [1.807, 2.05) is 10.8 Å². The van der Waals surface area contributed by atoms with Gasteiger partial charge in [0.05, 0.1) is 10.7 Å². The number of nitrogens with zero attached hydrogens (tertiary/aromatic N) is 2. The number of hydrogen-bond donors (Lipinski definition) is 1. The average Bonchev–Trinajstić information content (AvgIpc) is 2.82. The second-order valence-corrected chi connectivity index (χ2v) is 4.88. The second-order valence-electron chi connectivity index (χ2n) is 4.04. The van der Waals surface area contributed by atoms with E-state index < -0.39 is 0 Å². The number of rotatable bonds is 6. The molecule has 2 aromatic rings. The minimum atomic E-state index is 0.607. The molecule has 0 saturated carbocycles. The van der Waals surface area contributed by atoms with E-state index in [0.29, 0.717) is 10.0 Å². The lowest BCUT2D eigenvalue weighted by molar-refractivity contribution is 0.190. The third kappa shape index (κ3) is 3.86. The van der Waals surface area contributed by atoms with Crippen LogP contribution in [0.4, 0.5) is 11.6 Å². The standard InChI is InChI=1S/C13H15Cl2N3O/c1-19-8-2-6-18-7-5-16-13(18)17-12-9-10(14)3-4-11(12)15/h3-5,7,9H,2,6,8H2,1H3,(H,16,17). The van der Waals surface area contributed by atoms with Crippen LogP contribution in [0.1, 0.15) is 6.42 Å². The molecule has 1 heterocycles. The molecule has 0 bridgehead atoms. The summed E-state index contributed by atoms with van der Waals surface area (Å²) >= 11 is 12.1. The van der Waals surface area contributed by atoms with Gasteiger partial charge in [-0.3, -0.25) is 0 Å². The Kier molecular flexibility index (Phi) is 5.07. The van der Waals surface area contributed by atoms with Crippen LogP contribution >= 0.6 is 23.2 Å².